The third-order valence-corrected chi connectivity index (χ3v) is 3.12. The van der Waals surface area contributed by atoms with Gasteiger partial charge in [0.15, 0.2) is 0 Å². The fraction of sp³-hybridized carbons (Fsp3) is 0.250. The molecular weight excluding hydrogens is 222 g/mol. The normalized spacial score (nSPS) is 10.3. The summed E-state index contributed by atoms with van der Waals surface area (Å²) in [5.41, 5.74) is 4.54. The molecule has 0 atom stereocenters. The molecule has 0 saturated heterocycles. The molecule has 0 heterocycles. The van der Waals surface area contributed by atoms with Crippen molar-refractivity contribution in [2.75, 3.05) is 5.32 Å². The number of anilines is 1. The molecule has 2 N–H and O–H groups in total. The molecule has 0 aromatic heterocycles. The first-order chi connectivity index (χ1) is 8.69. The first-order valence-electron chi connectivity index (χ1n) is 6.30. The van der Waals surface area contributed by atoms with Crippen LogP contribution in [0.3, 0.4) is 0 Å². The standard InChI is InChI=1S/C16H19NO/c1-3-13-4-6-14(7-5-13)11-17-15-8-9-16(18)12(2)10-15/h4-10,17-18H,3,11H2,1-2H3. The molecule has 2 aromatic carbocycles. The lowest BCUT2D eigenvalue weighted by Gasteiger charge is -2.08. The number of aromatic hydroxyl groups is 1. The summed E-state index contributed by atoms with van der Waals surface area (Å²) in [6.07, 6.45) is 1.07. The van der Waals surface area contributed by atoms with Gasteiger partial charge in [-0.15, -0.1) is 0 Å². The molecule has 0 aliphatic heterocycles. The Morgan fingerprint density at radius 1 is 1.00 bits per heavy atom. The van der Waals surface area contributed by atoms with Crippen molar-refractivity contribution in [2.45, 2.75) is 26.8 Å². The van der Waals surface area contributed by atoms with E-state index in [1.165, 1.54) is 11.1 Å². The third-order valence-electron chi connectivity index (χ3n) is 3.12. The summed E-state index contributed by atoms with van der Waals surface area (Å²) in [5, 5.41) is 12.8. The van der Waals surface area contributed by atoms with Gasteiger partial charge in [0.25, 0.3) is 0 Å². The van der Waals surface area contributed by atoms with Gasteiger partial charge in [0.05, 0.1) is 0 Å². The van der Waals surface area contributed by atoms with Gasteiger partial charge in [-0.3, -0.25) is 0 Å². The van der Waals surface area contributed by atoms with Crippen molar-refractivity contribution in [3.05, 3.63) is 59.2 Å². The van der Waals surface area contributed by atoms with Gasteiger partial charge in [-0.1, -0.05) is 31.2 Å². The zero-order valence-electron chi connectivity index (χ0n) is 10.9. The number of nitrogens with one attached hydrogen (secondary N) is 1. The van der Waals surface area contributed by atoms with Crippen LogP contribution in [0, 0.1) is 6.92 Å². The van der Waals surface area contributed by atoms with Crippen LogP contribution in [0.25, 0.3) is 0 Å². The monoisotopic (exact) mass is 241 g/mol. The van der Waals surface area contributed by atoms with Crippen molar-refractivity contribution in [2.24, 2.45) is 0 Å². The molecule has 2 nitrogen and oxygen atoms in total. The highest BCUT2D eigenvalue weighted by Crippen LogP contribution is 2.20. The van der Waals surface area contributed by atoms with Crippen molar-refractivity contribution in [1.29, 1.82) is 0 Å². The molecule has 94 valence electrons. The lowest BCUT2D eigenvalue weighted by atomic mass is 10.1. The predicted molar refractivity (Wildman–Crippen MR) is 76.0 cm³/mol. The number of hydrogen-bond donors (Lipinski definition) is 2. The Kier molecular flexibility index (Phi) is 3.88. The zero-order chi connectivity index (χ0) is 13.0. The average molecular weight is 241 g/mol. The first-order valence-corrected chi connectivity index (χ1v) is 6.30. The van der Waals surface area contributed by atoms with Gasteiger partial charge < -0.3 is 10.4 Å². The van der Waals surface area contributed by atoms with Gasteiger partial charge in [0.2, 0.25) is 0 Å². The minimum Gasteiger partial charge on any atom is -0.508 e. The van der Waals surface area contributed by atoms with Gasteiger partial charge >= 0.3 is 0 Å². The Hall–Kier alpha value is -1.96. The molecule has 0 radical (unpaired) electrons. The maximum atomic E-state index is 9.46. The maximum absolute atomic E-state index is 9.46. The lowest BCUT2D eigenvalue weighted by molar-refractivity contribution is 0.471. The van der Waals surface area contributed by atoms with E-state index in [9.17, 15) is 5.11 Å². The molecule has 0 bridgehead atoms. The van der Waals surface area contributed by atoms with Crippen LogP contribution in [0.4, 0.5) is 5.69 Å². The number of phenolic OH excluding ortho intramolecular Hbond substituents is 1. The number of phenols is 1. The van der Waals surface area contributed by atoms with Gasteiger partial charge in [-0.25, -0.2) is 0 Å². The summed E-state index contributed by atoms with van der Waals surface area (Å²) >= 11 is 0. The van der Waals surface area contributed by atoms with Crippen LogP contribution < -0.4 is 5.32 Å². The van der Waals surface area contributed by atoms with E-state index in [-0.39, 0.29) is 0 Å². The molecule has 0 saturated carbocycles. The highest BCUT2D eigenvalue weighted by Gasteiger charge is 1.98. The van der Waals surface area contributed by atoms with Crippen molar-refractivity contribution < 1.29 is 5.11 Å². The molecule has 2 aromatic rings. The summed E-state index contributed by atoms with van der Waals surface area (Å²) < 4.78 is 0. The molecule has 0 amide bonds. The fourth-order valence-electron chi connectivity index (χ4n) is 1.86. The SMILES string of the molecule is CCc1ccc(CNc2ccc(O)c(C)c2)cc1. The predicted octanol–water partition coefficient (Wildman–Crippen LogP) is 3.88. The van der Waals surface area contributed by atoms with E-state index >= 15 is 0 Å². The molecule has 2 rings (SSSR count). The molecule has 0 spiro atoms. The molecule has 18 heavy (non-hydrogen) atoms. The second-order valence-electron chi connectivity index (χ2n) is 4.52. The van der Waals surface area contributed by atoms with E-state index in [0.717, 1.165) is 24.2 Å². The summed E-state index contributed by atoms with van der Waals surface area (Å²) in [4.78, 5) is 0. The Morgan fingerprint density at radius 2 is 1.67 bits per heavy atom. The Bertz CT molecular complexity index is 517. The Balaban J connectivity index is 1.99. The van der Waals surface area contributed by atoms with Crippen molar-refractivity contribution >= 4 is 5.69 Å². The van der Waals surface area contributed by atoms with Gasteiger partial charge in [-0.2, -0.15) is 0 Å². The van der Waals surface area contributed by atoms with Crippen molar-refractivity contribution in [1.82, 2.24) is 0 Å². The summed E-state index contributed by atoms with van der Waals surface area (Å²) in [5.74, 6) is 0.341. The zero-order valence-corrected chi connectivity index (χ0v) is 10.9. The Morgan fingerprint density at radius 3 is 2.28 bits per heavy atom. The number of aryl methyl sites for hydroxylation is 2. The van der Waals surface area contributed by atoms with Crippen LogP contribution in [0.15, 0.2) is 42.5 Å². The van der Waals surface area contributed by atoms with Crippen molar-refractivity contribution in [3.8, 4) is 5.75 Å². The summed E-state index contributed by atoms with van der Waals surface area (Å²) in [6.45, 7) is 4.86. The minimum atomic E-state index is 0.341. The van der Waals surface area contributed by atoms with Crippen LogP contribution in [-0.4, -0.2) is 5.11 Å². The lowest BCUT2D eigenvalue weighted by Crippen LogP contribution is -1.99. The van der Waals surface area contributed by atoms with Gasteiger partial charge in [0.1, 0.15) is 5.75 Å². The van der Waals surface area contributed by atoms with E-state index < -0.39 is 0 Å². The van der Waals surface area contributed by atoms with Gasteiger partial charge in [0, 0.05) is 12.2 Å². The quantitative estimate of drug-likeness (QED) is 0.796. The van der Waals surface area contributed by atoms with Crippen molar-refractivity contribution in [3.63, 3.8) is 0 Å². The molecular formula is C16H19NO. The second kappa shape index (κ2) is 5.58. The van der Waals surface area contributed by atoms with E-state index in [1.54, 1.807) is 6.07 Å². The minimum absolute atomic E-state index is 0.341. The molecule has 2 heteroatoms. The number of benzene rings is 2. The number of rotatable bonds is 4. The van der Waals surface area contributed by atoms with E-state index in [1.807, 2.05) is 19.1 Å². The molecule has 0 unspecified atom stereocenters. The van der Waals surface area contributed by atoms with Crippen LogP contribution in [0.2, 0.25) is 0 Å². The highest BCUT2D eigenvalue weighted by molar-refractivity contribution is 5.50. The molecule has 0 fully saturated rings. The maximum Gasteiger partial charge on any atom is 0.118 e. The smallest absolute Gasteiger partial charge is 0.118 e. The first kappa shape index (κ1) is 12.5. The van der Waals surface area contributed by atoms with Crippen LogP contribution in [0.1, 0.15) is 23.6 Å². The van der Waals surface area contributed by atoms with E-state index in [0.29, 0.717) is 5.75 Å². The van der Waals surface area contributed by atoms with Crippen LogP contribution in [0.5, 0.6) is 5.75 Å². The average Bonchev–Trinajstić information content (AvgIpc) is 2.41. The topological polar surface area (TPSA) is 32.3 Å². The summed E-state index contributed by atoms with van der Waals surface area (Å²) in [6, 6.07) is 14.2. The van der Waals surface area contributed by atoms with Gasteiger partial charge in [-0.05, 0) is 48.2 Å². The Labute approximate surface area is 108 Å². The van der Waals surface area contributed by atoms with E-state index in [2.05, 4.69) is 36.5 Å². The third kappa shape index (κ3) is 3.04. The highest BCUT2D eigenvalue weighted by atomic mass is 16.3. The largest absolute Gasteiger partial charge is 0.508 e. The molecule has 0 aliphatic rings. The van der Waals surface area contributed by atoms with Crippen LogP contribution >= 0.6 is 0 Å². The van der Waals surface area contributed by atoms with Crippen LogP contribution in [-0.2, 0) is 13.0 Å². The fourth-order valence-corrected chi connectivity index (χ4v) is 1.86. The summed E-state index contributed by atoms with van der Waals surface area (Å²) in [7, 11) is 0. The second-order valence-corrected chi connectivity index (χ2v) is 4.52. The number of hydrogen-bond acceptors (Lipinski definition) is 2. The van der Waals surface area contributed by atoms with E-state index in [4.69, 9.17) is 0 Å². The molecule has 0 aliphatic carbocycles.